The van der Waals surface area contributed by atoms with E-state index < -0.39 is 0 Å². The van der Waals surface area contributed by atoms with Crippen molar-refractivity contribution < 1.29 is 9.53 Å². The lowest BCUT2D eigenvalue weighted by molar-refractivity contribution is -0.131. The molecule has 0 bridgehead atoms. The van der Waals surface area contributed by atoms with Crippen molar-refractivity contribution in [3.63, 3.8) is 0 Å². The van der Waals surface area contributed by atoms with Gasteiger partial charge in [0.2, 0.25) is 0 Å². The minimum Gasteiger partial charge on any atom is -0.426 e. The Morgan fingerprint density at radius 1 is 1.60 bits per heavy atom. The summed E-state index contributed by atoms with van der Waals surface area (Å²) in [4.78, 5) is 10.9. The Labute approximate surface area is 94.5 Å². The molecule has 1 aromatic carbocycles. The van der Waals surface area contributed by atoms with E-state index in [2.05, 4.69) is 6.58 Å². The van der Waals surface area contributed by atoms with E-state index in [1.54, 1.807) is 6.08 Å². The molecule has 0 unspecified atom stereocenters. The van der Waals surface area contributed by atoms with Crippen molar-refractivity contribution >= 4 is 23.6 Å². The van der Waals surface area contributed by atoms with Gasteiger partial charge in [-0.1, -0.05) is 24.8 Å². The Balaban J connectivity index is 3.01. The number of esters is 1. The summed E-state index contributed by atoms with van der Waals surface area (Å²) in [6.45, 7) is 5.03. The second kappa shape index (κ2) is 5.56. The van der Waals surface area contributed by atoms with E-state index in [4.69, 9.17) is 16.3 Å². The Morgan fingerprint density at radius 2 is 2.33 bits per heavy atom. The number of carbonyl (C=O) groups excluding carboxylic acids is 1. The van der Waals surface area contributed by atoms with Gasteiger partial charge in [0.15, 0.2) is 0 Å². The molecule has 1 rings (SSSR count). The van der Waals surface area contributed by atoms with Gasteiger partial charge in [-0.3, -0.25) is 4.79 Å². The molecule has 0 saturated carbocycles. The van der Waals surface area contributed by atoms with Crippen LogP contribution in [0.4, 0.5) is 0 Å². The van der Waals surface area contributed by atoms with Gasteiger partial charge in [0.1, 0.15) is 5.75 Å². The molecule has 0 radical (unpaired) electrons. The van der Waals surface area contributed by atoms with Crippen LogP contribution in [-0.2, 0) is 11.2 Å². The van der Waals surface area contributed by atoms with Crippen molar-refractivity contribution in [1.82, 2.24) is 0 Å². The Hall–Kier alpha value is -1.28. The number of ether oxygens (including phenoxy) is 1. The minimum absolute atomic E-state index is 0.332. The van der Waals surface area contributed by atoms with Crippen molar-refractivity contribution in [1.29, 1.82) is 0 Å². The van der Waals surface area contributed by atoms with Crippen molar-refractivity contribution in [2.75, 3.05) is 5.88 Å². The van der Waals surface area contributed by atoms with E-state index in [-0.39, 0.29) is 5.97 Å². The first-order valence-electron chi connectivity index (χ1n) is 4.67. The maximum Gasteiger partial charge on any atom is 0.308 e. The Kier molecular flexibility index (Phi) is 4.37. The zero-order valence-corrected chi connectivity index (χ0v) is 9.38. The first-order chi connectivity index (χ1) is 7.17. The number of hydrogen-bond donors (Lipinski definition) is 0. The van der Waals surface area contributed by atoms with Gasteiger partial charge in [0.05, 0.1) is 0 Å². The number of rotatable bonds is 4. The van der Waals surface area contributed by atoms with Crippen molar-refractivity contribution in [2.24, 2.45) is 0 Å². The van der Waals surface area contributed by atoms with Gasteiger partial charge in [-0.2, -0.15) is 0 Å². The topological polar surface area (TPSA) is 26.3 Å². The fourth-order valence-electron chi connectivity index (χ4n) is 1.26. The lowest BCUT2D eigenvalue weighted by atomic mass is 10.1. The van der Waals surface area contributed by atoms with Crippen molar-refractivity contribution in [2.45, 2.75) is 13.3 Å². The standard InChI is InChI=1S/C12H13ClO2/c1-3-11-5-4-10(6-7-13)8-12(11)15-9(2)14/h3-5,8H,1,6-7H2,2H3. The molecule has 0 aliphatic heterocycles. The van der Waals surface area contributed by atoms with Crippen LogP contribution >= 0.6 is 11.6 Å². The fraction of sp³-hybridized carbons (Fsp3) is 0.250. The molecule has 0 spiro atoms. The largest absolute Gasteiger partial charge is 0.426 e. The van der Waals surface area contributed by atoms with Gasteiger partial charge in [0, 0.05) is 18.4 Å². The molecule has 1 aromatic rings. The number of carbonyl (C=O) groups is 1. The molecule has 3 heteroatoms. The molecule has 0 heterocycles. The third-order valence-electron chi connectivity index (χ3n) is 1.93. The number of benzene rings is 1. The summed E-state index contributed by atoms with van der Waals surface area (Å²) in [5.41, 5.74) is 1.86. The summed E-state index contributed by atoms with van der Waals surface area (Å²) in [5, 5.41) is 0. The van der Waals surface area contributed by atoms with Crippen molar-refractivity contribution in [3.05, 3.63) is 35.9 Å². The summed E-state index contributed by atoms with van der Waals surface area (Å²) in [7, 11) is 0. The normalized spacial score (nSPS) is 9.73. The van der Waals surface area contributed by atoms with E-state index in [1.165, 1.54) is 6.92 Å². The highest BCUT2D eigenvalue weighted by molar-refractivity contribution is 6.17. The lowest BCUT2D eigenvalue weighted by Crippen LogP contribution is -2.03. The van der Waals surface area contributed by atoms with Crippen LogP contribution in [0.5, 0.6) is 5.75 Å². The second-order valence-corrected chi connectivity index (χ2v) is 3.49. The Bertz CT molecular complexity index is 372. The van der Waals surface area contributed by atoms with Gasteiger partial charge in [0.25, 0.3) is 0 Å². The maximum atomic E-state index is 10.9. The van der Waals surface area contributed by atoms with Gasteiger partial charge < -0.3 is 4.74 Å². The quantitative estimate of drug-likeness (QED) is 0.447. The molecule has 0 N–H and O–H groups in total. The van der Waals surface area contributed by atoms with Gasteiger partial charge >= 0.3 is 5.97 Å². The fourth-order valence-corrected chi connectivity index (χ4v) is 1.47. The van der Waals surface area contributed by atoms with Gasteiger partial charge in [-0.15, -0.1) is 11.6 Å². The molecule has 0 aliphatic carbocycles. The van der Waals surface area contributed by atoms with Gasteiger partial charge in [-0.25, -0.2) is 0 Å². The number of halogens is 1. The molecule has 2 nitrogen and oxygen atoms in total. The highest BCUT2D eigenvalue weighted by Gasteiger charge is 2.04. The predicted molar refractivity (Wildman–Crippen MR) is 62.3 cm³/mol. The first kappa shape index (κ1) is 11.8. The van der Waals surface area contributed by atoms with Crippen LogP contribution in [0, 0.1) is 0 Å². The van der Waals surface area contributed by atoms with Gasteiger partial charge in [-0.05, 0) is 18.1 Å². The molecule has 80 valence electrons. The van der Waals surface area contributed by atoms with Crippen LogP contribution < -0.4 is 4.74 Å². The SMILES string of the molecule is C=Cc1ccc(CCCl)cc1OC(C)=O. The summed E-state index contributed by atoms with van der Waals surface area (Å²) in [5.74, 6) is 0.758. The minimum atomic E-state index is -0.332. The molecule has 0 amide bonds. The molecule has 15 heavy (non-hydrogen) atoms. The molecule has 0 aliphatic rings. The number of alkyl halides is 1. The number of aryl methyl sites for hydroxylation is 1. The summed E-state index contributed by atoms with van der Waals surface area (Å²) in [6, 6.07) is 5.64. The van der Waals surface area contributed by atoms with E-state index in [9.17, 15) is 4.79 Å². The summed E-state index contributed by atoms with van der Waals surface area (Å²) in [6.07, 6.45) is 2.41. The highest BCUT2D eigenvalue weighted by Crippen LogP contribution is 2.22. The summed E-state index contributed by atoms with van der Waals surface area (Å²) < 4.78 is 5.07. The van der Waals surface area contributed by atoms with Crippen LogP contribution in [0.2, 0.25) is 0 Å². The molecule has 0 atom stereocenters. The zero-order chi connectivity index (χ0) is 11.3. The van der Waals surface area contributed by atoms with Crippen LogP contribution in [-0.4, -0.2) is 11.8 Å². The smallest absolute Gasteiger partial charge is 0.308 e. The van der Waals surface area contributed by atoms with E-state index >= 15 is 0 Å². The molecular weight excluding hydrogens is 212 g/mol. The average Bonchev–Trinajstić information content (AvgIpc) is 2.18. The predicted octanol–water partition coefficient (Wildman–Crippen LogP) is 3.04. The van der Waals surface area contributed by atoms with Crippen molar-refractivity contribution in [3.8, 4) is 5.75 Å². The molecule has 0 fully saturated rings. The lowest BCUT2D eigenvalue weighted by Gasteiger charge is -2.07. The molecule has 0 saturated heterocycles. The average molecular weight is 225 g/mol. The number of hydrogen-bond acceptors (Lipinski definition) is 2. The van der Waals surface area contributed by atoms with Crippen LogP contribution in [0.15, 0.2) is 24.8 Å². The zero-order valence-electron chi connectivity index (χ0n) is 8.63. The van der Waals surface area contributed by atoms with Crippen LogP contribution in [0.3, 0.4) is 0 Å². The highest BCUT2D eigenvalue weighted by atomic mass is 35.5. The second-order valence-electron chi connectivity index (χ2n) is 3.11. The third kappa shape index (κ3) is 3.40. The molecular formula is C12H13ClO2. The monoisotopic (exact) mass is 224 g/mol. The Morgan fingerprint density at radius 3 is 2.87 bits per heavy atom. The van der Waals surface area contributed by atoms with E-state index in [0.29, 0.717) is 11.6 Å². The maximum absolute atomic E-state index is 10.9. The molecule has 0 aromatic heterocycles. The first-order valence-corrected chi connectivity index (χ1v) is 5.20. The van der Waals surface area contributed by atoms with E-state index in [0.717, 1.165) is 17.5 Å². The van der Waals surface area contributed by atoms with Crippen LogP contribution in [0.25, 0.3) is 6.08 Å². The van der Waals surface area contributed by atoms with E-state index in [1.807, 2.05) is 18.2 Å². The third-order valence-corrected chi connectivity index (χ3v) is 2.12. The van der Waals surface area contributed by atoms with Crippen LogP contribution in [0.1, 0.15) is 18.1 Å². The summed E-state index contributed by atoms with van der Waals surface area (Å²) >= 11 is 5.64.